The Morgan fingerprint density at radius 2 is 1.97 bits per heavy atom. The van der Waals surface area contributed by atoms with Gasteiger partial charge in [0.15, 0.2) is 6.29 Å². The first-order chi connectivity index (χ1) is 14.2. The molecule has 5 heteroatoms. The molecule has 0 aromatic heterocycles. The first kappa shape index (κ1) is 22.3. The van der Waals surface area contributed by atoms with Crippen LogP contribution in [0, 0.1) is 5.92 Å². The fourth-order valence-electron chi connectivity index (χ4n) is 4.46. The lowest BCUT2D eigenvalue weighted by Crippen LogP contribution is -2.32. The summed E-state index contributed by atoms with van der Waals surface area (Å²) < 4.78 is 17.5. The molecule has 1 saturated heterocycles. The zero-order valence-corrected chi connectivity index (χ0v) is 18.1. The third kappa shape index (κ3) is 6.80. The SMILES string of the molecule is CCCCN(C)CC1OCC(COC(=O)C(c2ccccc2)C2CCCCC2)O1. The van der Waals surface area contributed by atoms with Crippen molar-refractivity contribution >= 4 is 5.97 Å². The number of benzene rings is 1. The maximum atomic E-state index is 13.1. The first-order valence-corrected chi connectivity index (χ1v) is 11.3. The number of carbonyl (C=O) groups excluding carboxylic acids is 1. The van der Waals surface area contributed by atoms with Crippen molar-refractivity contribution in [3.8, 4) is 0 Å². The van der Waals surface area contributed by atoms with Crippen molar-refractivity contribution in [3.05, 3.63) is 35.9 Å². The molecule has 0 bridgehead atoms. The van der Waals surface area contributed by atoms with Crippen LogP contribution in [0.25, 0.3) is 0 Å². The number of ether oxygens (including phenoxy) is 3. The normalized spacial score (nSPS) is 24.0. The highest BCUT2D eigenvalue weighted by molar-refractivity contribution is 5.78. The third-order valence-electron chi connectivity index (χ3n) is 6.11. The van der Waals surface area contributed by atoms with Crippen LogP contribution in [-0.4, -0.2) is 56.6 Å². The molecule has 3 atom stereocenters. The fraction of sp³-hybridized carbons (Fsp3) is 0.708. The van der Waals surface area contributed by atoms with Gasteiger partial charge in [-0.3, -0.25) is 4.79 Å². The summed E-state index contributed by atoms with van der Waals surface area (Å²) >= 11 is 0. The Morgan fingerprint density at radius 1 is 1.21 bits per heavy atom. The highest BCUT2D eigenvalue weighted by Gasteiger charge is 2.34. The minimum absolute atomic E-state index is 0.116. The van der Waals surface area contributed by atoms with Gasteiger partial charge in [0.25, 0.3) is 0 Å². The predicted molar refractivity (Wildman–Crippen MR) is 114 cm³/mol. The van der Waals surface area contributed by atoms with Crippen molar-refractivity contribution < 1.29 is 19.0 Å². The molecule has 162 valence electrons. The van der Waals surface area contributed by atoms with Crippen LogP contribution in [-0.2, 0) is 19.0 Å². The molecule has 2 aliphatic rings. The van der Waals surface area contributed by atoms with E-state index in [-0.39, 0.29) is 30.9 Å². The van der Waals surface area contributed by atoms with E-state index < -0.39 is 0 Å². The van der Waals surface area contributed by atoms with Crippen molar-refractivity contribution in [2.45, 2.75) is 70.2 Å². The third-order valence-corrected chi connectivity index (χ3v) is 6.11. The van der Waals surface area contributed by atoms with Gasteiger partial charge in [0, 0.05) is 6.54 Å². The summed E-state index contributed by atoms with van der Waals surface area (Å²) in [4.78, 5) is 15.3. The van der Waals surface area contributed by atoms with Gasteiger partial charge in [0.05, 0.1) is 12.5 Å². The molecule has 1 aliphatic carbocycles. The molecule has 3 rings (SSSR count). The van der Waals surface area contributed by atoms with Crippen molar-refractivity contribution in [3.63, 3.8) is 0 Å². The van der Waals surface area contributed by atoms with Crippen LogP contribution in [0.5, 0.6) is 0 Å². The summed E-state index contributed by atoms with van der Waals surface area (Å²) in [5, 5.41) is 0. The maximum absolute atomic E-state index is 13.1. The minimum Gasteiger partial charge on any atom is -0.462 e. The number of hydrogen-bond donors (Lipinski definition) is 0. The molecule has 1 aliphatic heterocycles. The summed E-state index contributed by atoms with van der Waals surface area (Å²) in [6.45, 7) is 4.73. The number of unbranched alkanes of at least 4 members (excludes halogenated alkanes) is 1. The number of rotatable bonds is 10. The number of likely N-dealkylation sites (N-methyl/N-ethyl adjacent to an activating group) is 1. The van der Waals surface area contributed by atoms with Gasteiger partial charge in [-0.05, 0) is 44.3 Å². The van der Waals surface area contributed by atoms with E-state index in [0.29, 0.717) is 12.5 Å². The van der Waals surface area contributed by atoms with E-state index in [4.69, 9.17) is 14.2 Å². The number of hydrogen-bond acceptors (Lipinski definition) is 5. The molecule has 0 N–H and O–H groups in total. The van der Waals surface area contributed by atoms with Crippen LogP contribution < -0.4 is 0 Å². The van der Waals surface area contributed by atoms with Gasteiger partial charge >= 0.3 is 5.97 Å². The standard InChI is InChI=1S/C24H37NO4/c1-3-4-15-25(2)16-22-27-17-21(29-22)18-28-24(26)23(19-11-7-5-8-12-19)20-13-9-6-10-14-20/h5,7-8,11-12,20-23H,3-4,6,9-10,13-18H2,1-2H3. The topological polar surface area (TPSA) is 48.0 Å². The summed E-state index contributed by atoms with van der Waals surface area (Å²) in [6.07, 6.45) is 7.82. The predicted octanol–water partition coefficient (Wildman–Crippen LogP) is 4.37. The van der Waals surface area contributed by atoms with Crippen LogP contribution in [0.1, 0.15) is 63.4 Å². The lowest BCUT2D eigenvalue weighted by atomic mass is 9.77. The lowest BCUT2D eigenvalue weighted by Gasteiger charge is -2.29. The van der Waals surface area contributed by atoms with Crippen molar-refractivity contribution in [1.29, 1.82) is 0 Å². The van der Waals surface area contributed by atoms with Crippen molar-refractivity contribution in [1.82, 2.24) is 4.90 Å². The fourth-order valence-corrected chi connectivity index (χ4v) is 4.46. The molecule has 0 radical (unpaired) electrons. The second-order valence-corrected chi connectivity index (χ2v) is 8.55. The molecular formula is C24H37NO4. The molecule has 0 spiro atoms. The van der Waals surface area contributed by atoms with E-state index in [2.05, 4.69) is 31.0 Å². The zero-order chi connectivity index (χ0) is 20.5. The molecule has 1 heterocycles. The maximum Gasteiger partial charge on any atom is 0.313 e. The zero-order valence-electron chi connectivity index (χ0n) is 18.1. The van der Waals surface area contributed by atoms with Gasteiger partial charge in [-0.15, -0.1) is 0 Å². The Morgan fingerprint density at radius 3 is 2.69 bits per heavy atom. The highest BCUT2D eigenvalue weighted by Crippen LogP contribution is 2.37. The van der Waals surface area contributed by atoms with E-state index in [1.807, 2.05) is 18.2 Å². The van der Waals surface area contributed by atoms with E-state index >= 15 is 0 Å². The number of carbonyl (C=O) groups is 1. The van der Waals surface area contributed by atoms with E-state index in [1.165, 1.54) is 32.1 Å². The molecule has 5 nitrogen and oxygen atoms in total. The average Bonchev–Trinajstić information content (AvgIpc) is 3.20. The van der Waals surface area contributed by atoms with Gasteiger partial charge in [0.2, 0.25) is 0 Å². The van der Waals surface area contributed by atoms with Crippen molar-refractivity contribution in [2.24, 2.45) is 5.92 Å². The second kappa shape index (κ2) is 11.7. The monoisotopic (exact) mass is 403 g/mol. The van der Waals surface area contributed by atoms with Gasteiger partial charge in [-0.2, -0.15) is 0 Å². The Labute approximate surface area is 175 Å². The summed E-state index contributed by atoms with van der Waals surface area (Å²) in [7, 11) is 2.09. The molecule has 2 fully saturated rings. The Hall–Kier alpha value is -1.43. The largest absolute Gasteiger partial charge is 0.462 e. The molecule has 1 aromatic carbocycles. The van der Waals surface area contributed by atoms with E-state index in [9.17, 15) is 4.79 Å². The van der Waals surface area contributed by atoms with Crippen LogP contribution in [0.4, 0.5) is 0 Å². The molecule has 1 saturated carbocycles. The molecule has 0 amide bonds. The van der Waals surface area contributed by atoms with Gasteiger partial charge in [0.1, 0.15) is 12.7 Å². The molecule has 1 aromatic rings. The quantitative estimate of drug-likeness (QED) is 0.543. The molecule has 3 unspecified atom stereocenters. The summed E-state index contributed by atoms with van der Waals surface area (Å²) in [5.74, 6) is 0.0874. The van der Waals surface area contributed by atoms with Crippen LogP contribution >= 0.6 is 0 Å². The van der Waals surface area contributed by atoms with Gasteiger partial charge in [-0.25, -0.2) is 0 Å². The van der Waals surface area contributed by atoms with E-state index in [1.54, 1.807) is 0 Å². The van der Waals surface area contributed by atoms with Gasteiger partial charge < -0.3 is 19.1 Å². The number of nitrogens with zero attached hydrogens (tertiary/aromatic N) is 1. The summed E-state index contributed by atoms with van der Waals surface area (Å²) in [5.41, 5.74) is 1.07. The lowest BCUT2D eigenvalue weighted by molar-refractivity contribution is -0.152. The highest BCUT2D eigenvalue weighted by atomic mass is 16.7. The van der Waals surface area contributed by atoms with Crippen LogP contribution in [0.15, 0.2) is 30.3 Å². The molecular weight excluding hydrogens is 366 g/mol. The molecule has 29 heavy (non-hydrogen) atoms. The average molecular weight is 404 g/mol. The van der Waals surface area contributed by atoms with Gasteiger partial charge in [-0.1, -0.05) is 62.9 Å². The smallest absolute Gasteiger partial charge is 0.313 e. The summed E-state index contributed by atoms with van der Waals surface area (Å²) in [6, 6.07) is 10.1. The van der Waals surface area contributed by atoms with Crippen LogP contribution in [0.3, 0.4) is 0 Å². The van der Waals surface area contributed by atoms with E-state index in [0.717, 1.165) is 31.5 Å². The Bertz CT molecular complexity index is 602. The minimum atomic E-state index is -0.233. The second-order valence-electron chi connectivity index (χ2n) is 8.55. The van der Waals surface area contributed by atoms with Crippen LogP contribution in [0.2, 0.25) is 0 Å². The number of esters is 1. The Kier molecular flexibility index (Phi) is 8.96. The Balaban J connectivity index is 1.50. The first-order valence-electron chi connectivity index (χ1n) is 11.3. The van der Waals surface area contributed by atoms with Crippen molar-refractivity contribution in [2.75, 3.05) is 33.4 Å².